The van der Waals surface area contributed by atoms with E-state index in [9.17, 15) is 13.2 Å². The van der Waals surface area contributed by atoms with Crippen LogP contribution in [0.15, 0.2) is 76.7 Å². The third-order valence-corrected chi connectivity index (χ3v) is 6.44. The Hall–Kier alpha value is -3.18. The van der Waals surface area contributed by atoms with E-state index in [0.717, 1.165) is 16.0 Å². The minimum atomic E-state index is -4.36. The van der Waals surface area contributed by atoms with E-state index in [1.54, 1.807) is 36.6 Å². The summed E-state index contributed by atoms with van der Waals surface area (Å²) < 4.78 is 38.7. The highest BCUT2D eigenvalue weighted by molar-refractivity contribution is 7.87. The number of aromatic nitrogens is 1. The van der Waals surface area contributed by atoms with Crippen molar-refractivity contribution >= 4 is 44.8 Å². The quantitative estimate of drug-likeness (QED) is 0.271. The first-order chi connectivity index (χ1) is 16.2. The molecule has 0 bridgehead atoms. The number of amides is 1. The molecule has 0 spiro atoms. The molecule has 34 heavy (non-hydrogen) atoms. The Labute approximate surface area is 205 Å². The Morgan fingerprint density at radius 2 is 1.91 bits per heavy atom. The van der Waals surface area contributed by atoms with Gasteiger partial charge in [-0.05, 0) is 46.8 Å². The molecule has 176 valence electrons. The topological polar surface area (TPSA) is 122 Å². The second-order valence-electron chi connectivity index (χ2n) is 7.45. The molecule has 4 rings (SSSR count). The molecule has 0 saturated carbocycles. The van der Waals surface area contributed by atoms with Crippen LogP contribution in [0.25, 0.3) is 10.6 Å². The van der Waals surface area contributed by atoms with Crippen molar-refractivity contribution in [1.82, 2.24) is 10.3 Å². The summed E-state index contributed by atoms with van der Waals surface area (Å²) in [6, 6.07) is 16.8. The number of carbonyl (C=O) groups is 1. The predicted octanol–water partition coefficient (Wildman–Crippen LogP) is 4.91. The van der Waals surface area contributed by atoms with Crippen LogP contribution in [0.2, 0.25) is 5.02 Å². The van der Waals surface area contributed by atoms with Gasteiger partial charge in [-0.3, -0.25) is 14.1 Å². The molecule has 4 aromatic rings. The van der Waals surface area contributed by atoms with Crippen molar-refractivity contribution in [3.63, 3.8) is 0 Å². The van der Waals surface area contributed by atoms with Crippen LogP contribution in [-0.2, 0) is 27.9 Å². The SMILES string of the molecule is O=C(Cc1cccc(Cl)c1)N[C@@H](Cc1ccc(NS(=O)(=O)O)cc1)c1nc(-c2cccs2)co1. The molecule has 0 radical (unpaired) electrons. The predicted molar refractivity (Wildman–Crippen MR) is 131 cm³/mol. The molecule has 0 saturated heterocycles. The Kier molecular flexibility index (Phi) is 7.32. The summed E-state index contributed by atoms with van der Waals surface area (Å²) >= 11 is 7.56. The zero-order valence-electron chi connectivity index (χ0n) is 17.6. The van der Waals surface area contributed by atoms with Crippen molar-refractivity contribution in [3.8, 4) is 10.6 Å². The summed E-state index contributed by atoms with van der Waals surface area (Å²) in [5.74, 6) is 0.121. The molecule has 2 aromatic carbocycles. The molecular weight excluding hydrogens is 498 g/mol. The standard InChI is InChI=1S/C23H20ClN3O5S2/c24-17-4-1-3-16(11-17)13-22(28)25-19(23-26-20(14-32-23)21-5-2-10-33-21)12-15-6-8-18(9-7-15)27-34(29,30)31/h1-11,14,19,27H,12-13H2,(H,25,28)(H,29,30,31)/t19-/m0/s1. The van der Waals surface area contributed by atoms with E-state index in [2.05, 4.69) is 10.3 Å². The molecule has 0 unspecified atom stereocenters. The number of rotatable bonds is 9. The van der Waals surface area contributed by atoms with Crippen LogP contribution in [0.3, 0.4) is 0 Å². The number of halogens is 1. The fourth-order valence-corrected chi connectivity index (χ4v) is 4.68. The third kappa shape index (κ3) is 6.67. The molecule has 11 heteroatoms. The van der Waals surface area contributed by atoms with Crippen LogP contribution in [0.4, 0.5) is 5.69 Å². The number of hydrogen-bond donors (Lipinski definition) is 3. The fourth-order valence-electron chi connectivity index (χ4n) is 3.36. The molecule has 0 aliphatic carbocycles. The summed E-state index contributed by atoms with van der Waals surface area (Å²) in [4.78, 5) is 18.3. The van der Waals surface area contributed by atoms with Crippen molar-refractivity contribution in [2.45, 2.75) is 18.9 Å². The lowest BCUT2D eigenvalue weighted by Crippen LogP contribution is -2.31. The Balaban J connectivity index is 1.54. The lowest BCUT2D eigenvalue weighted by molar-refractivity contribution is -0.121. The van der Waals surface area contributed by atoms with Gasteiger partial charge in [0.2, 0.25) is 11.8 Å². The smallest absolute Gasteiger partial charge is 0.357 e. The minimum Gasteiger partial charge on any atom is -0.446 e. The zero-order valence-corrected chi connectivity index (χ0v) is 20.0. The Morgan fingerprint density at radius 3 is 2.59 bits per heavy atom. The maximum Gasteiger partial charge on any atom is 0.357 e. The first kappa shape index (κ1) is 24.0. The molecule has 3 N–H and O–H groups in total. The van der Waals surface area contributed by atoms with Crippen molar-refractivity contribution in [3.05, 3.63) is 94.3 Å². The maximum absolute atomic E-state index is 12.8. The van der Waals surface area contributed by atoms with Crippen LogP contribution in [0.5, 0.6) is 0 Å². The number of benzene rings is 2. The average molecular weight is 518 g/mol. The van der Waals surface area contributed by atoms with Gasteiger partial charge in [-0.25, -0.2) is 4.98 Å². The highest BCUT2D eigenvalue weighted by Gasteiger charge is 2.22. The largest absolute Gasteiger partial charge is 0.446 e. The van der Waals surface area contributed by atoms with Gasteiger partial charge in [-0.2, -0.15) is 8.42 Å². The van der Waals surface area contributed by atoms with E-state index in [-0.39, 0.29) is 18.0 Å². The van der Waals surface area contributed by atoms with Crippen LogP contribution >= 0.6 is 22.9 Å². The summed E-state index contributed by atoms with van der Waals surface area (Å²) in [6.07, 6.45) is 2.03. The van der Waals surface area contributed by atoms with E-state index < -0.39 is 16.3 Å². The van der Waals surface area contributed by atoms with Crippen molar-refractivity contribution < 1.29 is 22.2 Å². The molecule has 2 aromatic heterocycles. The number of anilines is 1. The first-order valence-corrected chi connectivity index (χ1v) is 12.8. The van der Waals surface area contributed by atoms with Crippen LogP contribution < -0.4 is 10.0 Å². The highest BCUT2D eigenvalue weighted by Crippen LogP contribution is 2.27. The number of nitrogens with one attached hydrogen (secondary N) is 2. The molecule has 0 aliphatic rings. The van der Waals surface area contributed by atoms with Gasteiger partial charge < -0.3 is 9.73 Å². The van der Waals surface area contributed by atoms with E-state index in [1.165, 1.54) is 23.5 Å². The maximum atomic E-state index is 12.8. The number of nitrogens with zero attached hydrogens (tertiary/aromatic N) is 1. The number of hydrogen-bond acceptors (Lipinski definition) is 6. The van der Waals surface area contributed by atoms with Gasteiger partial charge in [-0.15, -0.1) is 11.3 Å². The summed E-state index contributed by atoms with van der Waals surface area (Å²) in [5.41, 5.74) is 2.46. The van der Waals surface area contributed by atoms with Crippen molar-refractivity contribution in [2.75, 3.05) is 4.72 Å². The molecule has 1 amide bonds. The lowest BCUT2D eigenvalue weighted by Gasteiger charge is -2.16. The van der Waals surface area contributed by atoms with Gasteiger partial charge in [-0.1, -0.05) is 41.9 Å². The molecular formula is C23H20ClN3O5S2. The minimum absolute atomic E-state index is 0.132. The van der Waals surface area contributed by atoms with Gasteiger partial charge in [0.25, 0.3) is 0 Å². The van der Waals surface area contributed by atoms with Crippen molar-refractivity contribution in [1.29, 1.82) is 0 Å². The molecule has 8 nitrogen and oxygen atoms in total. The van der Waals surface area contributed by atoms with Crippen LogP contribution in [0.1, 0.15) is 23.1 Å². The van der Waals surface area contributed by atoms with Crippen molar-refractivity contribution in [2.24, 2.45) is 0 Å². The summed E-state index contributed by atoms with van der Waals surface area (Å²) in [5, 5.41) is 5.47. The average Bonchev–Trinajstić information content (AvgIpc) is 3.46. The molecule has 1 atom stereocenters. The third-order valence-electron chi connectivity index (χ3n) is 4.82. The van der Waals surface area contributed by atoms with Crippen LogP contribution in [-0.4, -0.2) is 23.9 Å². The van der Waals surface area contributed by atoms with Crippen LogP contribution in [0, 0.1) is 0 Å². The van der Waals surface area contributed by atoms with Gasteiger partial charge in [0.1, 0.15) is 18.0 Å². The number of thiophene rings is 1. The molecule has 0 fully saturated rings. The van der Waals surface area contributed by atoms with E-state index in [4.69, 9.17) is 20.6 Å². The lowest BCUT2D eigenvalue weighted by atomic mass is 10.0. The monoisotopic (exact) mass is 517 g/mol. The molecule has 2 heterocycles. The Bertz CT molecular complexity index is 1370. The number of oxazole rings is 1. The summed E-state index contributed by atoms with van der Waals surface area (Å²) in [7, 11) is -4.36. The normalized spacial score (nSPS) is 12.3. The van der Waals surface area contributed by atoms with Gasteiger partial charge in [0.15, 0.2) is 0 Å². The summed E-state index contributed by atoms with van der Waals surface area (Å²) in [6.45, 7) is 0. The molecule has 0 aliphatic heterocycles. The first-order valence-electron chi connectivity index (χ1n) is 10.1. The van der Waals surface area contributed by atoms with E-state index in [0.29, 0.717) is 23.0 Å². The van der Waals surface area contributed by atoms with Gasteiger partial charge in [0, 0.05) is 11.4 Å². The number of carbonyl (C=O) groups excluding carboxylic acids is 1. The van der Waals surface area contributed by atoms with E-state index >= 15 is 0 Å². The second-order valence-corrected chi connectivity index (χ2v) is 9.99. The second kappa shape index (κ2) is 10.4. The Morgan fingerprint density at radius 1 is 1.12 bits per heavy atom. The fraction of sp³-hybridized carbons (Fsp3) is 0.130. The van der Waals surface area contributed by atoms with Gasteiger partial charge in [0.05, 0.1) is 17.0 Å². The highest BCUT2D eigenvalue weighted by atomic mass is 35.5. The zero-order chi connectivity index (χ0) is 24.1. The van der Waals surface area contributed by atoms with E-state index in [1.807, 2.05) is 28.3 Å². The van der Waals surface area contributed by atoms with Gasteiger partial charge >= 0.3 is 10.3 Å².